The second-order valence-electron chi connectivity index (χ2n) is 7.07. The highest BCUT2D eigenvalue weighted by atomic mass is 16.2. The number of rotatable bonds is 4. The monoisotopic (exact) mass is 297 g/mol. The van der Waals surface area contributed by atoms with Crippen molar-refractivity contribution in [1.29, 1.82) is 0 Å². The van der Waals surface area contributed by atoms with Crippen molar-refractivity contribution in [3.63, 3.8) is 0 Å². The summed E-state index contributed by atoms with van der Waals surface area (Å²) in [7, 11) is 0. The van der Waals surface area contributed by atoms with Gasteiger partial charge in [0.1, 0.15) is 0 Å². The van der Waals surface area contributed by atoms with Crippen LogP contribution in [0, 0.1) is 0 Å². The van der Waals surface area contributed by atoms with Gasteiger partial charge in [0.25, 0.3) is 5.91 Å². The molecule has 1 fully saturated rings. The summed E-state index contributed by atoms with van der Waals surface area (Å²) in [6.45, 7) is 8.38. The van der Waals surface area contributed by atoms with Crippen LogP contribution in [0.1, 0.15) is 64.4 Å². The Kier molecular flexibility index (Phi) is 3.88. The van der Waals surface area contributed by atoms with Crippen LogP contribution >= 0.6 is 0 Å². The second-order valence-corrected chi connectivity index (χ2v) is 7.07. The van der Waals surface area contributed by atoms with Gasteiger partial charge in [-0.05, 0) is 37.0 Å². The number of anilines is 1. The maximum atomic E-state index is 12.8. The molecule has 1 aliphatic heterocycles. The molecule has 0 bridgehead atoms. The Bertz CT molecular complexity index is 593. The van der Waals surface area contributed by atoms with E-state index in [0.717, 1.165) is 18.5 Å². The molecule has 0 spiro atoms. The predicted molar refractivity (Wildman–Crippen MR) is 92.2 cm³/mol. The zero-order chi connectivity index (χ0) is 15.8. The molecule has 2 nitrogen and oxygen atoms in total. The van der Waals surface area contributed by atoms with Crippen LogP contribution in [-0.4, -0.2) is 11.4 Å². The van der Waals surface area contributed by atoms with Crippen molar-refractivity contribution >= 4 is 11.6 Å². The lowest BCUT2D eigenvalue weighted by molar-refractivity contribution is -0.116. The lowest BCUT2D eigenvalue weighted by atomic mass is 9.59. The van der Waals surface area contributed by atoms with E-state index < -0.39 is 0 Å². The molecule has 1 aromatic rings. The molecule has 0 saturated heterocycles. The van der Waals surface area contributed by atoms with E-state index >= 15 is 0 Å². The van der Waals surface area contributed by atoms with Crippen LogP contribution in [0.4, 0.5) is 5.69 Å². The minimum Gasteiger partial charge on any atom is -0.302 e. The number of nitrogens with zero attached hydrogens (tertiary/aromatic N) is 1. The fourth-order valence-corrected chi connectivity index (χ4v) is 4.92. The zero-order valence-electron chi connectivity index (χ0n) is 13.9. The molecular weight excluding hydrogens is 270 g/mol. The quantitative estimate of drug-likeness (QED) is 0.718. The number of amides is 1. The van der Waals surface area contributed by atoms with Crippen LogP contribution in [0.5, 0.6) is 0 Å². The first-order valence-corrected chi connectivity index (χ1v) is 8.67. The number of para-hydroxylation sites is 1. The first-order chi connectivity index (χ1) is 10.6. The number of benzene rings is 1. The zero-order valence-corrected chi connectivity index (χ0v) is 13.9. The van der Waals surface area contributed by atoms with E-state index in [1.165, 1.54) is 43.7 Å². The minimum atomic E-state index is -0.0593. The van der Waals surface area contributed by atoms with Gasteiger partial charge in [-0.1, -0.05) is 64.3 Å². The second kappa shape index (κ2) is 5.57. The van der Waals surface area contributed by atoms with Crippen molar-refractivity contribution in [2.24, 2.45) is 0 Å². The smallest absolute Gasteiger partial charge is 0.250 e. The Morgan fingerprint density at radius 2 is 2.05 bits per heavy atom. The van der Waals surface area contributed by atoms with E-state index in [1.807, 2.05) is 0 Å². The molecule has 2 unspecified atom stereocenters. The summed E-state index contributed by atoms with van der Waals surface area (Å²) in [5, 5.41) is 0. The third-order valence-corrected chi connectivity index (χ3v) is 6.05. The summed E-state index contributed by atoms with van der Waals surface area (Å²) in [5.41, 5.74) is 2.50. The van der Waals surface area contributed by atoms with E-state index in [4.69, 9.17) is 0 Å². The van der Waals surface area contributed by atoms with Gasteiger partial charge in [-0.3, -0.25) is 4.79 Å². The Morgan fingerprint density at radius 3 is 2.77 bits per heavy atom. The lowest BCUT2D eigenvalue weighted by Crippen LogP contribution is -2.60. The van der Waals surface area contributed by atoms with E-state index in [2.05, 4.69) is 49.6 Å². The molecule has 0 radical (unpaired) electrons. The van der Waals surface area contributed by atoms with Gasteiger partial charge in [0, 0.05) is 11.1 Å². The molecule has 2 heteroatoms. The maximum absolute atomic E-state index is 12.8. The van der Waals surface area contributed by atoms with Gasteiger partial charge in [-0.2, -0.15) is 0 Å². The SMILES string of the molecule is C=CC(=O)N1c2ccccc2C2(C)CCCCC12CCCC. The topological polar surface area (TPSA) is 20.3 Å². The fraction of sp³-hybridized carbons (Fsp3) is 0.550. The largest absolute Gasteiger partial charge is 0.302 e. The summed E-state index contributed by atoms with van der Waals surface area (Å²) in [4.78, 5) is 14.9. The molecule has 1 amide bonds. The molecule has 3 rings (SSSR count). The molecule has 0 N–H and O–H groups in total. The summed E-state index contributed by atoms with van der Waals surface area (Å²) in [6, 6.07) is 8.52. The number of hydrogen-bond donors (Lipinski definition) is 0. The predicted octanol–water partition coefficient (Wildman–Crippen LogP) is 4.98. The van der Waals surface area contributed by atoms with Gasteiger partial charge in [0.15, 0.2) is 0 Å². The standard InChI is InChI=1S/C20H27NO/c1-4-6-14-20-15-10-9-13-19(20,3)16-11-7-8-12-17(16)21(20)18(22)5-2/h5,7-8,11-12H,2,4,6,9-10,13-15H2,1,3H3. The number of fused-ring (bicyclic) bond motifs is 3. The number of carbonyl (C=O) groups excluding carboxylic acids is 1. The first kappa shape index (κ1) is 15.3. The molecule has 2 aliphatic rings. The highest BCUT2D eigenvalue weighted by Gasteiger charge is 2.60. The Hall–Kier alpha value is -1.57. The van der Waals surface area contributed by atoms with E-state index in [0.29, 0.717) is 0 Å². The summed E-state index contributed by atoms with van der Waals surface area (Å²) < 4.78 is 0. The number of carbonyl (C=O) groups is 1. The van der Waals surface area contributed by atoms with Crippen LogP contribution in [0.25, 0.3) is 0 Å². The van der Waals surface area contributed by atoms with Gasteiger partial charge < -0.3 is 4.90 Å². The molecule has 1 heterocycles. The van der Waals surface area contributed by atoms with Gasteiger partial charge >= 0.3 is 0 Å². The van der Waals surface area contributed by atoms with Crippen LogP contribution < -0.4 is 4.90 Å². The molecule has 1 saturated carbocycles. The van der Waals surface area contributed by atoms with E-state index in [1.54, 1.807) is 0 Å². The fourth-order valence-electron chi connectivity index (χ4n) is 4.92. The van der Waals surface area contributed by atoms with Gasteiger partial charge in [0.2, 0.25) is 0 Å². The first-order valence-electron chi connectivity index (χ1n) is 8.67. The van der Waals surface area contributed by atoms with Crippen molar-refractivity contribution in [2.45, 2.75) is 69.7 Å². The van der Waals surface area contributed by atoms with Crippen LogP contribution in [-0.2, 0) is 10.2 Å². The third kappa shape index (κ3) is 1.89. The summed E-state index contributed by atoms with van der Waals surface area (Å²) >= 11 is 0. The highest BCUT2D eigenvalue weighted by Crippen LogP contribution is 2.60. The van der Waals surface area contributed by atoms with Gasteiger partial charge in [-0.15, -0.1) is 0 Å². The summed E-state index contributed by atoms with van der Waals surface area (Å²) in [5.74, 6) is 0.0641. The maximum Gasteiger partial charge on any atom is 0.250 e. The average molecular weight is 297 g/mol. The number of hydrogen-bond acceptors (Lipinski definition) is 1. The minimum absolute atomic E-state index is 0.0593. The van der Waals surface area contributed by atoms with Crippen molar-refractivity contribution < 1.29 is 4.79 Å². The molecule has 0 aromatic heterocycles. The Labute approximate surface area is 134 Å². The molecule has 118 valence electrons. The highest BCUT2D eigenvalue weighted by molar-refractivity contribution is 6.04. The third-order valence-electron chi connectivity index (χ3n) is 6.05. The van der Waals surface area contributed by atoms with Crippen LogP contribution in [0.2, 0.25) is 0 Å². The van der Waals surface area contributed by atoms with Crippen LogP contribution in [0.15, 0.2) is 36.9 Å². The lowest BCUT2D eigenvalue weighted by Gasteiger charge is -2.51. The van der Waals surface area contributed by atoms with Crippen LogP contribution in [0.3, 0.4) is 0 Å². The Balaban J connectivity index is 2.20. The average Bonchev–Trinajstić information content (AvgIpc) is 2.78. The van der Waals surface area contributed by atoms with Crippen molar-refractivity contribution in [1.82, 2.24) is 0 Å². The van der Waals surface area contributed by atoms with Crippen molar-refractivity contribution in [3.8, 4) is 0 Å². The molecule has 1 aromatic carbocycles. The summed E-state index contributed by atoms with van der Waals surface area (Å²) in [6.07, 6.45) is 9.68. The van der Waals surface area contributed by atoms with Crippen molar-refractivity contribution in [3.05, 3.63) is 42.5 Å². The molecule has 22 heavy (non-hydrogen) atoms. The molecular formula is C20H27NO. The van der Waals surface area contributed by atoms with Gasteiger partial charge in [0.05, 0.1) is 5.54 Å². The molecule has 2 atom stereocenters. The number of unbranched alkanes of at least 4 members (excludes halogenated alkanes) is 1. The Morgan fingerprint density at radius 1 is 1.32 bits per heavy atom. The van der Waals surface area contributed by atoms with E-state index in [-0.39, 0.29) is 16.9 Å². The van der Waals surface area contributed by atoms with Gasteiger partial charge in [-0.25, -0.2) is 0 Å². The molecule has 1 aliphatic carbocycles. The van der Waals surface area contributed by atoms with Crippen molar-refractivity contribution in [2.75, 3.05) is 4.90 Å². The van der Waals surface area contributed by atoms with E-state index in [9.17, 15) is 4.79 Å². The normalized spacial score (nSPS) is 29.8.